The molecule has 9 heteroatoms. The Labute approximate surface area is 165 Å². The van der Waals surface area contributed by atoms with Crippen LogP contribution in [0.2, 0.25) is 14.8 Å². The van der Waals surface area contributed by atoms with Crippen LogP contribution in [0.4, 0.5) is 19.0 Å². The Morgan fingerprint density at radius 3 is 2.36 bits per heavy atom. The molecule has 0 aliphatic rings. The molecule has 0 saturated heterocycles. The molecule has 0 aliphatic heterocycles. The fourth-order valence-corrected chi connectivity index (χ4v) is 7.04. The fraction of sp³-hybridized carbons (Fsp3) is 0.368. The predicted molar refractivity (Wildman–Crippen MR) is 107 cm³/mol. The van der Waals surface area contributed by atoms with Gasteiger partial charge in [-0.2, -0.15) is 0 Å². The van der Waals surface area contributed by atoms with Crippen LogP contribution in [0.1, 0.15) is 5.56 Å². The van der Waals surface area contributed by atoms with Crippen LogP contribution in [0.15, 0.2) is 36.5 Å². The van der Waals surface area contributed by atoms with Gasteiger partial charge in [-0.3, -0.25) is 0 Å². The summed E-state index contributed by atoms with van der Waals surface area (Å²) in [5.41, 5.74) is 1.82. The number of nitrogens with zero attached hydrogens (tertiary/aromatic N) is 3. The summed E-state index contributed by atoms with van der Waals surface area (Å²) in [7, 11) is 1.61. The molecular weight excluding hydrogens is 476 g/mol. The molecule has 0 spiro atoms. The summed E-state index contributed by atoms with van der Waals surface area (Å²) < 4.78 is 46.1. The Morgan fingerprint density at radius 2 is 1.79 bits per heavy atom. The Hall–Kier alpha value is -1.97. The molecule has 0 aliphatic carbocycles. The number of hydrogen-bond acceptors (Lipinski definition) is 4. The third-order valence-corrected chi connectivity index (χ3v) is 9.38. The van der Waals surface area contributed by atoms with Crippen molar-refractivity contribution < 1.29 is 17.9 Å². The third-order valence-electron chi connectivity index (χ3n) is 4.32. The van der Waals surface area contributed by atoms with E-state index in [0.29, 0.717) is 11.9 Å². The van der Waals surface area contributed by atoms with Gasteiger partial charge in [0.1, 0.15) is 0 Å². The van der Waals surface area contributed by atoms with E-state index in [0.717, 1.165) is 20.5 Å². The van der Waals surface area contributed by atoms with Crippen molar-refractivity contribution in [3.63, 3.8) is 0 Å². The number of halogens is 3. The molecule has 0 saturated carbocycles. The quantitative estimate of drug-likeness (QED) is 0.522. The summed E-state index contributed by atoms with van der Waals surface area (Å²) in [5.74, 6) is 1.01. The number of alkyl halides is 3. The minimum absolute atomic E-state index is 0.248. The maximum absolute atomic E-state index is 12.7. The van der Waals surface area contributed by atoms with Crippen LogP contribution < -0.4 is 13.8 Å². The second-order valence-corrected chi connectivity index (χ2v) is 21.8. The van der Waals surface area contributed by atoms with Crippen molar-refractivity contribution >= 4 is 38.8 Å². The first kappa shape index (κ1) is 20.8. The standard InChI is InChI=1S/C16H14F3N4O.3CH3.Sn/c1-24-12-4-2-11(3-5-12)9-23-14-6-7-20-15(13(14)8-22-23)21-10-16(17,18)19;;;;/h2-7H,9-10H2,1H3,(H,20,21);3*1H3;. The maximum atomic E-state index is 12.7. The second kappa shape index (κ2) is 7.81. The molecular formula is C19H23F3N4OSn. The van der Waals surface area contributed by atoms with Crippen LogP contribution in [0.5, 0.6) is 5.75 Å². The van der Waals surface area contributed by atoms with Crippen molar-refractivity contribution in [2.75, 3.05) is 19.0 Å². The van der Waals surface area contributed by atoms with E-state index in [1.165, 1.54) is 6.20 Å². The Balaban J connectivity index is 2.06. The Kier molecular flexibility index (Phi) is 5.79. The van der Waals surface area contributed by atoms with Crippen LogP contribution in [0.25, 0.3) is 10.9 Å². The van der Waals surface area contributed by atoms with Gasteiger partial charge in [-0.25, -0.2) is 0 Å². The summed E-state index contributed by atoms with van der Waals surface area (Å²) in [4.78, 5) is 10.7. The minimum atomic E-state index is -4.31. The Bertz CT molecular complexity index is 962. The molecule has 0 radical (unpaired) electrons. The molecule has 1 aromatic carbocycles. The normalized spacial score (nSPS) is 12.4. The summed E-state index contributed by atoms with van der Waals surface area (Å²) in [5, 5.41) is 7.99. The molecule has 3 rings (SSSR count). The number of pyridine rings is 1. The van der Waals surface area contributed by atoms with E-state index in [-0.39, 0.29) is 5.82 Å². The first-order valence-electron chi connectivity index (χ1n) is 8.88. The number of ether oxygens (including phenoxy) is 1. The van der Waals surface area contributed by atoms with Gasteiger partial charge in [-0.05, 0) is 0 Å². The van der Waals surface area contributed by atoms with Crippen LogP contribution in [0, 0.1) is 0 Å². The van der Waals surface area contributed by atoms with E-state index in [9.17, 15) is 13.2 Å². The van der Waals surface area contributed by atoms with Gasteiger partial charge in [0.05, 0.1) is 0 Å². The number of nitrogens with one attached hydrogen (secondary N) is 1. The Morgan fingerprint density at radius 1 is 1.11 bits per heavy atom. The number of anilines is 1. The van der Waals surface area contributed by atoms with E-state index in [2.05, 4.69) is 25.1 Å². The summed E-state index contributed by atoms with van der Waals surface area (Å²) in [6.45, 7) is -0.604. The van der Waals surface area contributed by atoms with Gasteiger partial charge in [0.2, 0.25) is 0 Å². The molecule has 0 unspecified atom stereocenters. The average molecular weight is 499 g/mol. The van der Waals surface area contributed by atoms with Crippen molar-refractivity contribution in [1.29, 1.82) is 0 Å². The van der Waals surface area contributed by atoms with Crippen molar-refractivity contribution in [3.8, 4) is 5.75 Å². The van der Waals surface area contributed by atoms with E-state index >= 15 is 0 Å². The third kappa shape index (κ3) is 4.71. The topological polar surface area (TPSA) is 52.0 Å². The molecule has 5 nitrogen and oxygen atoms in total. The average Bonchev–Trinajstić information content (AvgIpc) is 2.99. The molecule has 2 heterocycles. The van der Waals surface area contributed by atoms with Gasteiger partial charge < -0.3 is 0 Å². The molecule has 0 bridgehead atoms. The number of aromatic nitrogens is 3. The molecule has 150 valence electrons. The number of hydrogen-bond donors (Lipinski definition) is 1. The second-order valence-electron chi connectivity index (χ2n) is 7.63. The van der Waals surface area contributed by atoms with Gasteiger partial charge >= 0.3 is 166 Å². The molecule has 2 aromatic heterocycles. The van der Waals surface area contributed by atoms with Gasteiger partial charge in [-0.1, -0.05) is 0 Å². The molecule has 0 amide bonds. The van der Waals surface area contributed by atoms with Gasteiger partial charge in [0.25, 0.3) is 0 Å². The van der Waals surface area contributed by atoms with Crippen LogP contribution >= 0.6 is 0 Å². The van der Waals surface area contributed by atoms with Crippen molar-refractivity contribution in [1.82, 2.24) is 14.8 Å². The molecule has 1 N–H and O–H groups in total. The zero-order chi connectivity index (χ0) is 20.5. The van der Waals surface area contributed by atoms with Crippen LogP contribution in [0.3, 0.4) is 0 Å². The summed E-state index contributed by atoms with van der Waals surface area (Å²) in [6.07, 6.45) is -2.79. The van der Waals surface area contributed by atoms with E-state index in [1.807, 2.05) is 35.0 Å². The number of fused-ring (bicyclic) bond motifs is 1. The fourth-order valence-electron chi connectivity index (χ4n) is 2.99. The zero-order valence-electron chi connectivity index (χ0n) is 16.3. The summed E-state index contributed by atoms with van der Waals surface area (Å²) >= 11 is -2.73. The van der Waals surface area contributed by atoms with E-state index in [1.54, 1.807) is 7.11 Å². The van der Waals surface area contributed by atoms with Crippen LogP contribution in [-0.4, -0.2) is 53.0 Å². The van der Waals surface area contributed by atoms with E-state index in [4.69, 9.17) is 9.84 Å². The van der Waals surface area contributed by atoms with Gasteiger partial charge in [0.15, 0.2) is 0 Å². The van der Waals surface area contributed by atoms with Crippen molar-refractivity contribution in [2.45, 2.75) is 27.5 Å². The van der Waals surface area contributed by atoms with Gasteiger partial charge in [-0.15, -0.1) is 0 Å². The summed E-state index contributed by atoms with van der Waals surface area (Å²) in [6, 6.07) is 9.48. The predicted octanol–water partition coefficient (Wildman–Crippen LogP) is 4.01. The molecule has 0 fully saturated rings. The SMILES string of the molecule is COc1ccc(Cn2n[c]([Sn]([CH3])([CH3])[CH3])c3c(NCC(F)(F)F)nccc32)cc1. The zero-order valence-corrected chi connectivity index (χ0v) is 19.1. The monoisotopic (exact) mass is 500 g/mol. The first-order chi connectivity index (χ1) is 13.1. The molecule has 0 atom stereocenters. The van der Waals surface area contributed by atoms with E-state index < -0.39 is 31.1 Å². The van der Waals surface area contributed by atoms with Crippen molar-refractivity contribution in [2.24, 2.45) is 0 Å². The van der Waals surface area contributed by atoms with Gasteiger partial charge in [0, 0.05) is 0 Å². The van der Waals surface area contributed by atoms with Crippen molar-refractivity contribution in [3.05, 3.63) is 42.1 Å². The van der Waals surface area contributed by atoms with Crippen LogP contribution in [-0.2, 0) is 6.54 Å². The number of benzene rings is 1. The number of rotatable bonds is 6. The number of methoxy groups -OCH3 is 1. The first-order valence-corrected chi connectivity index (χ1v) is 18.9. The molecule has 3 aromatic rings. The molecule has 28 heavy (non-hydrogen) atoms.